The predicted molar refractivity (Wildman–Crippen MR) is 298 cm³/mol. The first kappa shape index (κ1) is 70.2. The summed E-state index contributed by atoms with van der Waals surface area (Å²) in [6.07, 6.45) is 0.375. The highest BCUT2D eigenvalue weighted by Crippen LogP contribution is 2.10. The van der Waals surface area contributed by atoms with Crippen LogP contribution in [0.4, 0.5) is 0 Å². The first-order chi connectivity index (χ1) is 38.5. The van der Waals surface area contributed by atoms with Crippen molar-refractivity contribution >= 4 is 65.0 Å². The molecule has 0 bridgehead atoms. The molecule has 12 atom stereocenters. The van der Waals surface area contributed by atoms with Crippen LogP contribution in [-0.2, 0) is 63.9 Å². The van der Waals surface area contributed by atoms with Crippen molar-refractivity contribution < 1.29 is 62.6 Å². The van der Waals surface area contributed by atoms with Crippen LogP contribution in [0.2, 0.25) is 0 Å². The zero-order chi connectivity index (χ0) is 60.6. The number of benzene rings is 1. The Morgan fingerprint density at radius 1 is 0.630 bits per heavy atom. The molecule has 1 aliphatic rings. The Hall–Kier alpha value is -6.89. The minimum Gasteiger partial charge on any atom is -0.459 e. The number of carbonyl (C=O) groups excluding carboxylic acids is 11. The number of ether oxygens (including phenoxy) is 1. The van der Waals surface area contributed by atoms with E-state index in [2.05, 4.69) is 60.1 Å². The van der Waals surface area contributed by atoms with E-state index in [9.17, 15) is 57.8 Å². The molecule has 1 aromatic carbocycles. The van der Waals surface area contributed by atoms with Gasteiger partial charge in [-0.3, -0.25) is 47.9 Å². The van der Waals surface area contributed by atoms with Gasteiger partial charge in [-0.05, 0) is 104 Å². The maximum Gasteiger partial charge on any atom is 0.329 e. The molecule has 2 unspecified atom stereocenters. The fourth-order valence-electron chi connectivity index (χ4n) is 8.34. The normalized spacial score (nSPS) is 23.6. The largest absolute Gasteiger partial charge is 0.459 e. The molecule has 1 aliphatic heterocycles. The van der Waals surface area contributed by atoms with Gasteiger partial charge in [-0.2, -0.15) is 0 Å². The maximum absolute atomic E-state index is 14.4. The van der Waals surface area contributed by atoms with Gasteiger partial charge in [0, 0.05) is 19.4 Å². The summed E-state index contributed by atoms with van der Waals surface area (Å²) in [5.41, 5.74) is 35.9. The lowest BCUT2D eigenvalue weighted by molar-refractivity contribution is -0.154. The molecule has 0 aromatic heterocycles. The Morgan fingerprint density at radius 3 is 1.73 bits per heavy atom. The lowest BCUT2D eigenvalue weighted by Gasteiger charge is -2.29. The third kappa shape index (κ3) is 25.2. The van der Waals surface area contributed by atoms with Crippen molar-refractivity contribution in [3.8, 4) is 0 Å². The second-order valence-corrected chi connectivity index (χ2v) is 19.9. The van der Waals surface area contributed by atoms with Crippen LogP contribution in [-0.4, -0.2) is 182 Å². The number of aliphatic hydroxyl groups is 1. The number of carbonyl (C=O) groups is 11. The highest BCUT2D eigenvalue weighted by molar-refractivity contribution is 5.98. The lowest BCUT2D eigenvalue weighted by Crippen LogP contribution is -2.62. The van der Waals surface area contributed by atoms with Gasteiger partial charge in [0.05, 0.1) is 6.10 Å². The minimum atomic E-state index is -1.68. The van der Waals surface area contributed by atoms with Crippen molar-refractivity contribution in [3.05, 3.63) is 35.9 Å². The average molecular weight is 1150 g/mol. The molecular weight excluding hydrogens is 1060 g/mol. The second-order valence-electron chi connectivity index (χ2n) is 19.9. The first-order valence-corrected chi connectivity index (χ1v) is 27.7. The van der Waals surface area contributed by atoms with Crippen molar-refractivity contribution in [1.82, 2.24) is 53.2 Å². The van der Waals surface area contributed by atoms with Gasteiger partial charge >= 0.3 is 5.97 Å². The zero-order valence-corrected chi connectivity index (χ0v) is 47.1. The first-order valence-electron chi connectivity index (χ1n) is 27.7. The summed E-state index contributed by atoms with van der Waals surface area (Å²) >= 11 is 0. The number of nitrogens with two attached hydrogens (primary N) is 6. The van der Waals surface area contributed by atoms with Crippen molar-refractivity contribution in [2.24, 2.45) is 34.4 Å². The number of amides is 10. The second kappa shape index (κ2) is 37.9. The van der Waals surface area contributed by atoms with E-state index in [0.29, 0.717) is 12.0 Å². The Morgan fingerprint density at radius 2 is 1.16 bits per heavy atom. The highest BCUT2D eigenvalue weighted by atomic mass is 16.5. The molecule has 456 valence electrons. The number of esters is 1. The van der Waals surface area contributed by atoms with Crippen LogP contribution in [0.3, 0.4) is 0 Å². The molecule has 29 nitrogen and oxygen atoms in total. The van der Waals surface area contributed by atoms with Gasteiger partial charge in [0.25, 0.3) is 0 Å². The number of aliphatic hydroxyl groups excluding tert-OH is 1. The summed E-state index contributed by atoms with van der Waals surface area (Å²) in [5.74, 6) is -9.70. The number of hydrogen-bond donors (Lipinski definition) is 17. The lowest BCUT2D eigenvalue weighted by atomic mass is 10.0. The summed E-state index contributed by atoms with van der Waals surface area (Å²) in [6.45, 7) is 4.87. The molecule has 0 radical (unpaired) electrons. The average Bonchev–Trinajstić information content (AvgIpc) is 3.42. The quantitative estimate of drug-likeness (QED) is 0.0303. The molecule has 1 fully saturated rings. The van der Waals surface area contributed by atoms with Crippen molar-refractivity contribution in [2.75, 3.05) is 39.3 Å². The molecule has 0 aliphatic carbocycles. The summed E-state index contributed by atoms with van der Waals surface area (Å²) in [7, 11) is 0. The van der Waals surface area contributed by atoms with Crippen LogP contribution in [0.1, 0.15) is 110 Å². The third-order valence-electron chi connectivity index (χ3n) is 13.1. The fraction of sp³-hybridized carbons (Fsp3) is 0.673. The summed E-state index contributed by atoms with van der Waals surface area (Å²) in [5, 5.41) is 36.0. The van der Waals surface area contributed by atoms with Gasteiger partial charge < -0.3 is 97.4 Å². The van der Waals surface area contributed by atoms with Crippen LogP contribution in [0, 0.1) is 0 Å². The van der Waals surface area contributed by atoms with Crippen molar-refractivity contribution in [1.29, 1.82) is 0 Å². The number of unbranched alkanes of at least 4 members (excludes halogenated alkanes) is 4. The van der Waals surface area contributed by atoms with E-state index in [1.165, 1.54) is 20.8 Å². The fourth-order valence-corrected chi connectivity index (χ4v) is 8.34. The monoisotopic (exact) mass is 1150 g/mol. The Bertz CT molecular complexity index is 2210. The Balaban J connectivity index is 2.58. The van der Waals surface area contributed by atoms with E-state index in [4.69, 9.17) is 39.1 Å². The van der Waals surface area contributed by atoms with E-state index < -0.39 is 151 Å². The van der Waals surface area contributed by atoms with Crippen LogP contribution in [0.25, 0.3) is 0 Å². The molecule has 2 rings (SSSR count). The van der Waals surface area contributed by atoms with Crippen LogP contribution >= 0.6 is 0 Å². The van der Waals surface area contributed by atoms with Gasteiger partial charge in [-0.25, -0.2) is 4.79 Å². The number of rotatable bonds is 26. The molecule has 10 amide bonds. The number of nitrogens with one attached hydrogen (secondary N) is 10. The number of cyclic esters (lactones) is 1. The molecule has 1 aromatic rings. The Kier molecular flexibility index (Phi) is 32.9. The van der Waals surface area contributed by atoms with Gasteiger partial charge in [0.1, 0.15) is 66.5 Å². The van der Waals surface area contributed by atoms with Gasteiger partial charge in [-0.1, -0.05) is 62.9 Å². The minimum absolute atomic E-state index is 0.00796. The van der Waals surface area contributed by atoms with E-state index in [1.807, 2.05) is 0 Å². The summed E-state index contributed by atoms with van der Waals surface area (Å²) < 4.78 is 5.48. The van der Waals surface area contributed by atoms with Crippen LogP contribution < -0.4 is 87.6 Å². The third-order valence-corrected chi connectivity index (χ3v) is 13.1. The van der Waals surface area contributed by atoms with E-state index >= 15 is 0 Å². The SMILES string of the molecule is CCCCCCCC(=O)N[C@@H](CCN)C(=O)N[C@H](C(=O)N[C@@H](CCN)C(=O)NC1CCNC(=O)[C@@H](N)[C@@H](C)OC(=O)[C@H](CCN)NC(=O)[C@H](CCN)NC(=O)[C@H](C)NC(=O)[C@@H](Cc2ccccc2)NC(=O)C(CCN)NC1=O)[C@@H](C)O. The van der Waals surface area contributed by atoms with Crippen molar-refractivity contribution in [2.45, 2.75) is 184 Å². The maximum atomic E-state index is 14.4. The number of hydrogen-bond acceptors (Lipinski definition) is 19. The van der Waals surface area contributed by atoms with Gasteiger partial charge in [0.2, 0.25) is 59.1 Å². The van der Waals surface area contributed by atoms with Gasteiger partial charge in [0.15, 0.2) is 0 Å². The molecule has 1 heterocycles. The molecule has 29 heteroatoms. The van der Waals surface area contributed by atoms with Crippen molar-refractivity contribution in [3.63, 3.8) is 0 Å². The predicted octanol–water partition coefficient (Wildman–Crippen LogP) is -6.12. The smallest absolute Gasteiger partial charge is 0.329 e. The van der Waals surface area contributed by atoms with Crippen LogP contribution in [0.15, 0.2) is 30.3 Å². The standard InChI is InChI=1S/C52H90N16O13/c1-5-6-7-8-12-15-40(70)61-33(16-22-53)48(76)68-42(30(3)69)51(79)65-36(19-25-56)44(72)64-37-21-27-59-50(78)41(58)31(4)81-52(80)38(20-26-57)66-45(73)34(17-23-54)62-43(71)29(2)60-49(77)39(28-32-13-10-9-11-14-32)67-46(74)35(18-24-55)63-47(37)75/h9-11,13-14,29-31,33-39,41-42,69H,5-8,12,15-28,53-58H2,1-4H3,(H,59,78)(H,60,77)(H,61,70)(H,62,71)(H,63,75)(H,64,72)(H,65,79)(H,66,73)(H,67,74)(H,68,76)/t29-,30+,31+,33-,34-,35?,36-,37?,38-,39+,41-,42-/m0/s1. The summed E-state index contributed by atoms with van der Waals surface area (Å²) in [6, 6.07) is -6.00. The van der Waals surface area contributed by atoms with Crippen LogP contribution in [0.5, 0.6) is 0 Å². The molecule has 0 spiro atoms. The van der Waals surface area contributed by atoms with Gasteiger partial charge in [-0.15, -0.1) is 0 Å². The zero-order valence-electron chi connectivity index (χ0n) is 47.1. The summed E-state index contributed by atoms with van der Waals surface area (Å²) in [4.78, 5) is 151. The molecular formula is C52H90N16O13. The van der Waals surface area contributed by atoms with E-state index in [0.717, 1.165) is 25.7 Å². The Labute approximate surface area is 472 Å². The highest BCUT2D eigenvalue weighted by Gasteiger charge is 2.37. The topological polar surface area (TPSA) is 494 Å². The van der Waals surface area contributed by atoms with E-state index in [1.54, 1.807) is 30.3 Å². The molecule has 1 saturated heterocycles. The molecule has 81 heavy (non-hydrogen) atoms. The van der Waals surface area contributed by atoms with E-state index in [-0.39, 0.29) is 77.7 Å². The molecule has 0 saturated carbocycles. The molecule has 23 N–H and O–H groups in total.